The number of hydrogen-bond acceptors (Lipinski definition) is 5. The number of hydrogen-bond donors (Lipinski definition) is 3. The molecule has 2 aliphatic rings. The molecule has 2 rings (SSSR count). The fourth-order valence-corrected chi connectivity index (χ4v) is 4.31. The molecule has 158 valence electrons. The number of unbranched alkanes of at least 4 members (excludes halogenated alkanes) is 1. The molecule has 1 unspecified atom stereocenters. The van der Waals surface area contributed by atoms with Crippen LogP contribution in [0, 0.1) is 5.92 Å². The maximum Gasteiger partial charge on any atom is 0.287 e. The van der Waals surface area contributed by atoms with Crippen molar-refractivity contribution in [1.82, 2.24) is 10.2 Å². The number of amides is 3. The molecule has 2 fully saturated rings. The predicted octanol–water partition coefficient (Wildman–Crippen LogP) is 0.614. The van der Waals surface area contributed by atoms with Crippen molar-refractivity contribution in [2.45, 2.75) is 89.3 Å². The lowest BCUT2D eigenvalue weighted by atomic mass is 9.83. The van der Waals surface area contributed by atoms with Crippen molar-refractivity contribution in [3.8, 4) is 0 Å². The van der Waals surface area contributed by atoms with E-state index in [1.165, 1.54) is 6.42 Å². The van der Waals surface area contributed by atoms with Crippen LogP contribution in [0.3, 0.4) is 0 Å². The quantitative estimate of drug-likeness (QED) is 0.492. The van der Waals surface area contributed by atoms with Gasteiger partial charge in [0.05, 0.1) is 12.1 Å². The lowest BCUT2D eigenvalue weighted by molar-refractivity contribution is -0.142. The van der Waals surface area contributed by atoms with Gasteiger partial charge in [0.25, 0.3) is 5.91 Å². The fourth-order valence-electron chi connectivity index (χ4n) is 4.31. The molecule has 0 aromatic carbocycles. The zero-order valence-corrected chi connectivity index (χ0v) is 16.8. The first kappa shape index (κ1) is 22.3. The lowest BCUT2D eigenvalue weighted by Crippen LogP contribution is -2.56. The minimum Gasteiger partial charge on any atom is -0.363 e. The largest absolute Gasteiger partial charge is 0.363 e. The number of Topliss-reactive ketones (excluding diaryl/α,β-unsaturated/α-hetero) is 1. The molecule has 3 atom stereocenters. The van der Waals surface area contributed by atoms with Gasteiger partial charge >= 0.3 is 0 Å². The normalized spacial score (nSPS) is 22.5. The second-order valence-corrected chi connectivity index (χ2v) is 8.05. The summed E-state index contributed by atoms with van der Waals surface area (Å²) in [5.41, 5.74) is 11.4. The first-order chi connectivity index (χ1) is 13.4. The van der Waals surface area contributed by atoms with Crippen molar-refractivity contribution in [3.05, 3.63) is 0 Å². The number of carbonyl (C=O) groups excluding carboxylic acids is 4. The average molecular weight is 395 g/mol. The monoisotopic (exact) mass is 394 g/mol. The third kappa shape index (κ3) is 5.53. The number of primary amides is 1. The van der Waals surface area contributed by atoms with Crippen LogP contribution in [0.15, 0.2) is 0 Å². The summed E-state index contributed by atoms with van der Waals surface area (Å²) in [7, 11) is 0. The lowest BCUT2D eigenvalue weighted by Gasteiger charge is -2.32. The van der Waals surface area contributed by atoms with Gasteiger partial charge in [-0.05, 0) is 38.0 Å². The fraction of sp³-hybridized carbons (Fsp3) is 0.800. The van der Waals surface area contributed by atoms with Gasteiger partial charge in [0.1, 0.15) is 6.04 Å². The number of nitrogens with one attached hydrogen (secondary N) is 1. The smallest absolute Gasteiger partial charge is 0.287 e. The highest BCUT2D eigenvalue weighted by Gasteiger charge is 2.39. The Hall–Kier alpha value is -1.96. The molecule has 0 spiro atoms. The summed E-state index contributed by atoms with van der Waals surface area (Å²) in [6, 6.07) is -2.17. The zero-order valence-electron chi connectivity index (χ0n) is 16.8. The highest BCUT2D eigenvalue weighted by atomic mass is 16.2. The Morgan fingerprint density at radius 2 is 1.75 bits per heavy atom. The van der Waals surface area contributed by atoms with Crippen LogP contribution in [-0.2, 0) is 19.2 Å². The van der Waals surface area contributed by atoms with E-state index in [2.05, 4.69) is 5.32 Å². The summed E-state index contributed by atoms with van der Waals surface area (Å²) in [5, 5.41) is 2.65. The maximum absolute atomic E-state index is 12.9. The molecule has 1 aliphatic carbocycles. The highest BCUT2D eigenvalue weighted by molar-refractivity contribution is 6.37. The van der Waals surface area contributed by atoms with E-state index in [4.69, 9.17) is 11.5 Å². The van der Waals surface area contributed by atoms with Crippen molar-refractivity contribution in [2.75, 3.05) is 6.54 Å². The number of rotatable bonds is 9. The van der Waals surface area contributed by atoms with Crippen molar-refractivity contribution in [2.24, 2.45) is 17.4 Å². The van der Waals surface area contributed by atoms with Gasteiger partial charge in [0.15, 0.2) is 0 Å². The Kier molecular flexibility index (Phi) is 8.41. The van der Waals surface area contributed by atoms with E-state index in [1.54, 1.807) is 4.90 Å². The molecule has 1 saturated heterocycles. The summed E-state index contributed by atoms with van der Waals surface area (Å²) >= 11 is 0. The van der Waals surface area contributed by atoms with Gasteiger partial charge in [0.2, 0.25) is 17.6 Å². The van der Waals surface area contributed by atoms with Crippen molar-refractivity contribution in [3.63, 3.8) is 0 Å². The first-order valence-electron chi connectivity index (χ1n) is 10.6. The number of nitrogens with two attached hydrogens (primary N) is 2. The Labute approximate surface area is 166 Å². The average Bonchev–Trinajstić information content (AvgIpc) is 3.19. The summed E-state index contributed by atoms with van der Waals surface area (Å²) < 4.78 is 0. The van der Waals surface area contributed by atoms with Crippen LogP contribution in [-0.4, -0.2) is 53.1 Å². The van der Waals surface area contributed by atoms with Gasteiger partial charge in [-0.3, -0.25) is 19.2 Å². The van der Waals surface area contributed by atoms with Gasteiger partial charge in [-0.15, -0.1) is 0 Å². The number of carbonyl (C=O) groups is 4. The van der Waals surface area contributed by atoms with E-state index in [1.807, 2.05) is 6.92 Å². The molecular weight excluding hydrogens is 360 g/mol. The highest BCUT2D eigenvalue weighted by Crippen LogP contribution is 2.28. The van der Waals surface area contributed by atoms with E-state index in [0.29, 0.717) is 32.2 Å². The molecule has 8 nitrogen and oxygen atoms in total. The molecule has 3 amide bonds. The minimum absolute atomic E-state index is 0.166. The Morgan fingerprint density at radius 1 is 1.07 bits per heavy atom. The van der Waals surface area contributed by atoms with Crippen LogP contribution in [0.4, 0.5) is 0 Å². The Morgan fingerprint density at radius 3 is 2.36 bits per heavy atom. The van der Waals surface area contributed by atoms with Gasteiger partial charge in [-0.25, -0.2) is 0 Å². The number of nitrogens with zero attached hydrogens (tertiary/aromatic N) is 1. The van der Waals surface area contributed by atoms with Crippen molar-refractivity contribution >= 4 is 23.5 Å². The minimum atomic E-state index is -1.06. The molecule has 0 bridgehead atoms. The van der Waals surface area contributed by atoms with Crippen molar-refractivity contribution < 1.29 is 19.2 Å². The summed E-state index contributed by atoms with van der Waals surface area (Å²) in [6.07, 6.45) is 8.35. The van der Waals surface area contributed by atoms with E-state index < -0.39 is 35.7 Å². The third-order valence-electron chi connectivity index (χ3n) is 6.00. The van der Waals surface area contributed by atoms with Crippen LogP contribution in [0.5, 0.6) is 0 Å². The van der Waals surface area contributed by atoms with E-state index >= 15 is 0 Å². The van der Waals surface area contributed by atoms with Gasteiger partial charge in [-0.1, -0.05) is 39.0 Å². The molecule has 1 aliphatic heterocycles. The van der Waals surface area contributed by atoms with E-state index in [9.17, 15) is 19.2 Å². The molecule has 1 saturated carbocycles. The van der Waals surface area contributed by atoms with Crippen LogP contribution in [0.2, 0.25) is 0 Å². The molecule has 0 aromatic heterocycles. The zero-order chi connectivity index (χ0) is 20.7. The number of ketones is 1. The molecule has 0 aromatic rings. The van der Waals surface area contributed by atoms with E-state index in [0.717, 1.165) is 32.1 Å². The Balaban J connectivity index is 2.02. The number of likely N-dealkylation sites (tertiary alicyclic amines) is 1. The molecule has 1 heterocycles. The molecule has 28 heavy (non-hydrogen) atoms. The Bertz CT molecular complexity index is 589. The topological polar surface area (TPSA) is 136 Å². The standard InChI is InChI=1S/C20H34N4O4/c1-2-3-10-14(17(25)18(22)26)23-19(27)15-11-7-12-24(15)20(28)16(21)13-8-5-4-6-9-13/h13-16H,2-12,21H2,1H3,(H2,22,26)(H,23,27)/t14?,15-,16-/m0/s1. The molecule has 0 radical (unpaired) electrons. The maximum atomic E-state index is 12.9. The molecule has 5 N–H and O–H groups in total. The van der Waals surface area contributed by atoms with Gasteiger partial charge in [-0.2, -0.15) is 0 Å². The van der Waals surface area contributed by atoms with Crippen molar-refractivity contribution in [1.29, 1.82) is 0 Å². The second-order valence-electron chi connectivity index (χ2n) is 8.05. The summed E-state index contributed by atoms with van der Waals surface area (Å²) in [6.45, 7) is 2.44. The van der Waals surface area contributed by atoms with Gasteiger partial charge < -0.3 is 21.7 Å². The van der Waals surface area contributed by atoms with Crippen LogP contribution >= 0.6 is 0 Å². The summed E-state index contributed by atoms with van der Waals surface area (Å²) in [4.78, 5) is 50.6. The van der Waals surface area contributed by atoms with Crippen LogP contribution in [0.25, 0.3) is 0 Å². The van der Waals surface area contributed by atoms with Crippen LogP contribution < -0.4 is 16.8 Å². The molecule has 8 heteroatoms. The van der Waals surface area contributed by atoms with Crippen LogP contribution in [0.1, 0.15) is 71.1 Å². The third-order valence-corrected chi connectivity index (χ3v) is 6.00. The predicted molar refractivity (Wildman–Crippen MR) is 105 cm³/mol. The SMILES string of the molecule is CCCCC(NC(=O)[C@@H]1CCCN1C(=O)[C@@H](N)C1CCCCC1)C(=O)C(N)=O. The first-order valence-corrected chi connectivity index (χ1v) is 10.6. The summed E-state index contributed by atoms with van der Waals surface area (Å²) in [5.74, 6) is -2.27. The van der Waals surface area contributed by atoms with E-state index in [-0.39, 0.29) is 11.8 Å². The van der Waals surface area contributed by atoms with Gasteiger partial charge in [0, 0.05) is 6.54 Å². The second kappa shape index (κ2) is 10.5. The molecular formula is C20H34N4O4.